The number of anilines is 2. The molecule has 1 saturated carbocycles. The average molecular weight is 346 g/mol. The maximum Gasteiger partial charge on any atom is 0.185 e. The van der Waals surface area contributed by atoms with Gasteiger partial charge in [0.25, 0.3) is 0 Å². The van der Waals surface area contributed by atoms with E-state index in [0.717, 1.165) is 52.9 Å². The Kier molecular flexibility index (Phi) is 5.57. The van der Waals surface area contributed by atoms with E-state index in [4.69, 9.17) is 0 Å². The van der Waals surface area contributed by atoms with Crippen LogP contribution in [0.1, 0.15) is 30.4 Å². The summed E-state index contributed by atoms with van der Waals surface area (Å²) in [5.74, 6) is 0.183. The predicted molar refractivity (Wildman–Crippen MR) is 112 cm³/mol. The average Bonchev–Trinajstić information content (AvgIpc) is 2.65. The summed E-state index contributed by atoms with van der Waals surface area (Å²) in [6.07, 6.45) is 6.79. The van der Waals surface area contributed by atoms with Crippen LogP contribution >= 0.6 is 0 Å². The van der Waals surface area contributed by atoms with Gasteiger partial charge in [0.1, 0.15) is 0 Å². The summed E-state index contributed by atoms with van der Waals surface area (Å²) in [5, 5.41) is 3.14. The van der Waals surface area contributed by atoms with Gasteiger partial charge in [0.2, 0.25) is 0 Å². The Morgan fingerprint density at radius 3 is 2.19 bits per heavy atom. The summed E-state index contributed by atoms with van der Waals surface area (Å²) in [6, 6.07) is 16.5. The number of allylic oxidation sites excluding steroid dienone is 2. The lowest BCUT2D eigenvalue weighted by Crippen LogP contribution is -2.12. The van der Waals surface area contributed by atoms with Crippen LogP contribution in [0.3, 0.4) is 0 Å². The molecule has 2 aromatic rings. The number of rotatable bonds is 4. The van der Waals surface area contributed by atoms with Crippen molar-refractivity contribution in [3.63, 3.8) is 0 Å². The van der Waals surface area contributed by atoms with Crippen molar-refractivity contribution in [2.45, 2.75) is 19.3 Å². The molecule has 3 heteroatoms. The molecule has 1 N–H and O–H groups in total. The van der Waals surface area contributed by atoms with E-state index in [9.17, 15) is 4.79 Å². The molecular weight excluding hydrogens is 320 g/mol. The normalized spacial score (nSPS) is 17.6. The van der Waals surface area contributed by atoms with E-state index in [1.54, 1.807) is 0 Å². The van der Waals surface area contributed by atoms with Crippen molar-refractivity contribution >= 4 is 29.3 Å². The standard InChI is InChI=1S/C23H26N2O/c1-24-21-9-4-6-18(16-21)15-20-8-5-7-19(23(20)26)14-17-10-12-22(13-11-17)25(2)3/h4,6,9-16,24H,5,7-8H2,1-3H3/b19-14+,20-15+. The zero-order chi connectivity index (χ0) is 18.5. The molecule has 0 bridgehead atoms. The number of Topliss-reactive ketones (excluding diaryl/α,β-unsaturated/α-hetero) is 1. The molecule has 0 aliphatic heterocycles. The molecule has 0 radical (unpaired) electrons. The highest BCUT2D eigenvalue weighted by Gasteiger charge is 2.20. The highest BCUT2D eigenvalue weighted by molar-refractivity contribution is 6.14. The van der Waals surface area contributed by atoms with Crippen LogP contribution in [-0.4, -0.2) is 26.9 Å². The lowest BCUT2D eigenvalue weighted by Gasteiger charge is -2.17. The van der Waals surface area contributed by atoms with Gasteiger partial charge in [-0.15, -0.1) is 0 Å². The van der Waals surface area contributed by atoms with Gasteiger partial charge in [-0.2, -0.15) is 0 Å². The van der Waals surface area contributed by atoms with E-state index >= 15 is 0 Å². The van der Waals surface area contributed by atoms with Crippen LogP contribution in [0, 0.1) is 0 Å². The van der Waals surface area contributed by atoms with Crippen LogP contribution < -0.4 is 10.2 Å². The minimum atomic E-state index is 0.183. The fourth-order valence-corrected chi connectivity index (χ4v) is 3.23. The number of hydrogen-bond acceptors (Lipinski definition) is 3. The van der Waals surface area contributed by atoms with Gasteiger partial charge < -0.3 is 10.2 Å². The molecule has 1 aliphatic carbocycles. The van der Waals surface area contributed by atoms with Crippen molar-refractivity contribution in [1.29, 1.82) is 0 Å². The number of nitrogens with one attached hydrogen (secondary N) is 1. The van der Waals surface area contributed by atoms with E-state index in [-0.39, 0.29) is 5.78 Å². The minimum absolute atomic E-state index is 0.183. The summed E-state index contributed by atoms with van der Waals surface area (Å²) >= 11 is 0. The molecule has 1 fully saturated rings. The zero-order valence-corrected chi connectivity index (χ0v) is 15.8. The highest BCUT2D eigenvalue weighted by atomic mass is 16.1. The van der Waals surface area contributed by atoms with Crippen LogP contribution in [0.5, 0.6) is 0 Å². The summed E-state index contributed by atoms with van der Waals surface area (Å²) in [5.41, 5.74) is 6.17. The molecule has 0 heterocycles. The van der Waals surface area contributed by atoms with E-state index in [1.165, 1.54) is 0 Å². The fourth-order valence-electron chi connectivity index (χ4n) is 3.23. The number of carbonyl (C=O) groups excluding carboxylic acids is 1. The van der Waals surface area contributed by atoms with Gasteiger partial charge in [0.05, 0.1) is 0 Å². The summed E-state index contributed by atoms with van der Waals surface area (Å²) in [4.78, 5) is 15.0. The second-order valence-corrected chi connectivity index (χ2v) is 6.88. The lowest BCUT2D eigenvalue weighted by atomic mass is 9.87. The molecule has 26 heavy (non-hydrogen) atoms. The highest BCUT2D eigenvalue weighted by Crippen LogP contribution is 2.28. The summed E-state index contributed by atoms with van der Waals surface area (Å²) in [6.45, 7) is 0. The van der Waals surface area contributed by atoms with Gasteiger partial charge in [-0.1, -0.05) is 24.3 Å². The smallest absolute Gasteiger partial charge is 0.185 e. The van der Waals surface area contributed by atoms with Gasteiger partial charge in [-0.25, -0.2) is 0 Å². The number of carbonyl (C=O) groups is 1. The first-order chi connectivity index (χ1) is 12.6. The summed E-state index contributed by atoms with van der Waals surface area (Å²) < 4.78 is 0. The largest absolute Gasteiger partial charge is 0.388 e. The molecule has 0 saturated heterocycles. The van der Waals surface area contributed by atoms with Gasteiger partial charge in [0.15, 0.2) is 5.78 Å². The molecule has 0 amide bonds. The molecular formula is C23H26N2O. The van der Waals surface area contributed by atoms with Gasteiger partial charge in [0, 0.05) is 43.7 Å². The first kappa shape index (κ1) is 18.0. The quantitative estimate of drug-likeness (QED) is 0.790. The van der Waals surface area contributed by atoms with Crippen molar-refractivity contribution in [2.75, 3.05) is 31.4 Å². The Bertz CT molecular complexity index is 845. The molecule has 0 spiro atoms. The van der Waals surface area contributed by atoms with E-state index in [1.807, 2.05) is 51.5 Å². The monoisotopic (exact) mass is 346 g/mol. The van der Waals surface area contributed by atoms with Crippen molar-refractivity contribution < 1.29 is 4.79 Å². The Morgan fingerprint density at radius 1 is 0.923 bits per heavy atom. The van der Waals surface area contributed by atoms with Crippen LogP contribution in [-0.2, 0) is 4.79 Å². The van der Waals surface area contributed by atoms with E-state index in [0.29, 0.717) is 0 Å². The minimum Gasteiger partial charge on any atom is -0.388 e. The maximum atomic E-state index is 12.9. The lowest BCUT2D eigenvalue weighted by molar-refractivity contribution is -0.112. The van der Waals surface area contributed by atoms with Crippen LogP contribution in [0.4, 0.5) is 11.4 Å². The molecule has 134 valence electrons. The van der Waals surface area contributed by atoms with Gasteiger partial charge in [-0.05, 0) is 66.8 Å². The predicted octanol–water partition coefficient (Wildman–Crippen LogP) is 5.01. The number of hydrogen-bond donors (Lipinski definition) is 1. The van der Waals surface area contributed by atoms with Crippen LogP contribution in [0.25, 0.3) is 12.2 Å². The van der Waals surface area contributed by atoms with Crippen molar-refractivity contribution in [3.8, 4) is 0 Å². The number of benzene rings is 2. The van der Waals surface area contributed by atoms with Crippen molar-refractivity contribution in [3.05, 3.63) is 70.8 Å². The first-order valence-electron chi connectivity index (χ1n) is 9.08. The third kappa shape index (κ3) is 4.23. The Balaban J connectivity index is 1.83. The Labute approximate surface area is 156 Å². The zero-order valence-electron chi connectivity index (χ0n) is 15.8. The molecule has 2 aromatic carbocycles. The van der Waals surface area contributed by atoms with Crippen molar-refractivity contribution in [2.24, 2.45) is 0 Å². The van der Waals surface area contributed by atoms with Crippen LogP contribution in [0.2, 0.25) is 0 Å². The SMILES string of the molecule is CNc1cccc(/C=C2\CCC/C(=C\c3ccc(N(C)C)cc3)C2=O)c1. The molecule has 1 aliphatic rings. The topological polar surface area (TPSA) is 32.3 Å². The first-order valence-corrected chi connectivity index (χ1v) is 9.08. The van der Waals surface area contributed by atoms with E-state index < -0.39 is 0 Å². The number of nitrogens with zero attached hydrogens (tertiary/aromatic N) is 1. The van der Waals surface area contributed by atoms with E-state index in [2.05, 4.69) is 40.5 Å². The molecule has 3 rings (SSSR count). The third-order valence-electron chi connectivity index (χ3n) is 4.74. The molecule has 0 atom stereocenters. The summed E-state index contributed by atoms with van der Waals surface area (Å²) in [7, 11) is 5.96. The second kappa shape index (κ2) is 8.05. The number of ketones is 1. The molecule has 0 unspecified atom stereocenters. The third-order valence-corrected chi connectivity index (χ3v) is 4.74. The Morgan fingerprint density at radius 2 is 1.58 bits per heavy atom. The fraction of sp³-hybridized carbons (Fsp3) is 0.261. The molecule has 3 nitrogen and oxygen atoms in total. The second-order valence-electron chi connectivity index (χ2n) is 6.88. The molecule has 0 aromatic heterocycles. The van der Waals surface area contributed by atoms with Crippen molar-refractivity contribution in [1.82, 2.24) is 0 Å². The van der Waals surface area contributed by atoms with Crippen LogP contribution in [0.15, 0.2) is 59.7 Å². The van der Waals surface area contributed by atoms with Gasteiger partial charge >= 0.3 is 0 Å². The van der Waals surface area contributed by atoms with Gasteiger partial charge in [-0.3, -0.25) is 4.79 Å². The maximum absolute atomic E-state index is 12.9. The Hall–Kier alpha value is -2.81.